The van der Waals surface area contributed by atoms with Crippen molar-refractivity contribution in [2.75, 3.05) is 12.3 Å². The zero-order valence-corrected chi connectivity index (χ0v) is 8.96. The van der Waals surface area contributed by atoms with Crippen LogP contribution in [0.5, 0.6) is 0 Å². The third kappa shape index (κ3) is 3.53. The molecule has 4 N–H and O–H groups in total. The van der Waals surface area contributed by atoms with E-state index < -0.39 is 16.1 Å². The van der Waals surface area contributed by atoms with Crippen LogP contribution in [0.1, 0.15) is 25.7 Å². The predicted molar refractivity (Wildman–Crippen MR) is 54.2 cm³/mol. The Bertz CT molecular complexity index is 266. The van der Waals surface area contributed by atoms with Crippen molar-refractivity contribution in [2.24, 2.45) is 5.73 Å². The number of aliphatic hydroxyl groups excluding tert-OH is 1. The molecule has 6 heteroatoms. The molecule has 2 unspecified atom stereocenters. The summed E-state index contributed by atoms with van der Waals surface area (Å²) in [5, 5.41) is 9.54. The highest BCUT2D eigenvalue weighted by Gasteiger charge is 2.26. The molecule has 1 saturated carbocycles. The molecule has 1 fully saturated rings. The maximum absolute atomic E-state index is 11.3. The number of sulfonamides is 1. The molecule has 1 aliphatic rings. The van der Waals surface area contributed by atoms with Crippen molar-refractivity contribution in [2.45, 2.75) is 37.8 Å². The summed E-state index contributed by atoms with van der Waals surface area (Å²) in [5.41, 5.74) is 5.17. The Morgan fingerprint density at radius 1 is 1.36 bits per heavy atom. The van der Waals surface area contributed by atoms with Crippen LogP contribution in [0.3, 0.4) is 0 Å². The molecule has 0 bridgehead atoms. The summed E-state index contributed by atoms with van der Waals surface area (Å²) in [4.78, 5) is 0. The van der Waals surface area contributed by atoms with Crippen LogP contribution in [0, 0.1) is 0 Å². The Hall–Kier alpha value is -0.170. The molecule has 14 heavy (non-hydrogen) atoms. The van der Waals surface area contributed by atoms with Gasteiger partial charge in [-0.3, -0.25) is 0 Å². The van der Waals surface area contributed by atoms with E-state index >= 15 is 0 Å². The fourth-order valence-corrected chi connectivity index (χ4v) is 2.86. The minimum absolute atomic E-state index is 0.0732. The first-order chi connectivity index (χ1) is 6.55. The monoisotopic (exact) mass is 222 g/mol. The minimum Gasteiger partial charge on any atom is -0.391 e. The molecule has 1 rings (SSSR count). The van der Waals surface area contributed by atoms with Gasteiger partial charge in [-0.2, -0.15) is 0 Å². The minimum atomic E-state index is -3.30. The van der Waals surface area contributed by atoms with Crippen LogP contribution in [0.15, 0.2) is 0 Å². The maximum atomic E-state index is 11.3. The number of rotatable bonds is 4. The van der Waals surface area contributed by atoms with Gasteiger partial charge in [0.25, 0.3) is 0 Å². The fourth-order valence-electron chi connectivity index (χ4n) is 1.69. The van der Waals surface area contributed by atoms with E-state index in [0.717, 1.165) is 12.8 Å². The van der Waals surface area contributed by atoms with Crippen LogP contribution >= 0.6 is 0 Å². The Labute approximate surface area is 84.7 Å². The van der Waals surface area contributed by atoms with Gasteiger partial charge in [-0.1, -0.05) is 12.8 Å². The summed E-state index contributed by atoms with van der Waals surface area (Å²) in [5.74, 6) is -0.0732. The summed E-state index contributed by atoms with van der Waals surface area (Å²) in [6, 6.07) is -0.319. The lowest BCUT2D eigenvalue weighted by Crippen LogP contribution is -2.46. The number of hydrogen-bond acceptors (Lipinski definition) is 4. The van der Waals surface area contributed by atoms with Crippen LogP contribution in [-0.2, 0) is 10.0 Å². The first kappa shape index (κ1) is 11.9. The summed E-state index contributed by atoms with van der Waals surface area (Å²) >= 11 is 0. The number of nitrogens with one attached hydrogen (secondary N) is 1. The number of aliphatic hydroxyl groups is 1. The second-order valence-corrected chi connectivity index (χ2v) is 5.56. The van der Waals surface area contributed by atoms with Gasteiger partial charge < -0.3 is 10.8 Å². The molecular formula is C8H18N2O3S. The van der Waals surface area contributed by atoms with Gasteiger partial charge in [0.05, 0.1) is 11.9 Å². The quantitative estimate of drug-likeness (QED) is 0.579. The number of hydrogen-bond donors (Lipinski definition) is 3. The summed E-state index contributed by atoms with van der Waals surface area (Å²) in [6.45, 7) is 0.109. The maximum Gasteiger partial charge on any atom is 0.213 e. The van der Waals surface area contributed by atoms with Gasteiger partial charge in [0.15, 0.2) is 0 Å². The highest BCUT2D eigenvalue weighted by atomic mass is 32.2. The Morgan fingerprint density at radius 3 is 2.57 bits per heavy atom. The second kappa shape index (κ2) is 5.06. The normalized spacial score (nSPS) is 29.0. The van der Waals surface area contributed by atoms with Crippen molar-refractivity contribution in [3.8, 4) is 0 Å². The second-order valence-electron chi connectivity index (χ2n) is 3.68. The van der Waals surface area contributed by atoms with Crippen LogP contribution in [0.2, 0.25) is 0 Å². The summed E-state index contributed by atoms with van der Waals surface area (Å²) in [6.07, 6.45) is 2.78. The van der Waals surface area contributed by atoms with Crippen LogP contribution in [-0.4, -0.2) is 38.0 Å². The molecular weight excluding hydrogens is 204 g/mol. The van der Waals surface area contributed by atoms with Gasteiger partial charge in [-0.05, 0) is 12.8 Å². The standard InChI is InChI=1S/C8H18N2O3S/c9-5-6-14(12,13)10-7-3-1-2-4-8(7)11/h7-8,10-11H,1-6,9H2. The first-order valence-electron chi connectivity index (χ1n) is 4.93. The van der Waals surface area contributed by atoms with Gasteiger partial charge in [0.1, 0.15) is 0 Å². The van der Waals surface area contributed by atoms with Crippen LogP contribution < -0.4 is 10.5 Å². The SMILES string of the molecule is NCCS(=O)(=O)NC1CCCCC1O. The van der Waals surface area contributed by atoms with E-state index in [1.54, 1.807) is 0 Å². The molecule has 0 aliphatic heterocycles. The Morgan fingerprint density at radius 2 is 2.00 bits per heavy atom. The first-order valence-corrected chi connectivity index (χ1v) is 6.58. The third-order valence-corrected chi connectivity index (χ3v) is 3.88. The van der Waals surface area contributed by atoms with E-state index in [1.165, 1.54) is 0 Å². The zero-order valence-electron chi connectivity index (χ0n) is 8.15. The highest BCUT2D eigenvalue weighted by molar-refractivity contribution is 7.89. The molecule has 0 saturated heterocycles. The Balaban J connectivity index is 2.49. The van der Waals surface area contributed by atoms with Crippen molar-refractivity contribution in [3.63, 3.8) is 0 Å². The van der Waals surface area contributed by atoms with E-state index in [1.807, 2.05) is 0 Å². The van der Waals surface area contributed by atoms with Crippen LogP contribution in [0.4, 0.5) is 0 Å². The van der Waals surface area contributed by atoms with Crippen molar-refractivity contribution in [1.29, 1.82) is 0 Å². The molecule has 0 heterocycles. The molecule has 5 nitrogen and oxygen atoms in total. The molecule has 0 radical (unpaired) electrons. The average Bonchev–Trinajstić information content (AvgIpc) is 2.08. The van der Waals surface area contributed by atoms with E-state index in [4.69, 9.17) is 5.73 Å². The zero-order chi connectivity index (χ0) is 10.6. The highest BCUT2D eigenvalue weighted by Crippen LogP contribution is 2.18. The van der Waals surface area contributed by atoms with E-state index in [-0.39, 0.29) is 18.3 Å². The van der Waals surface area contributed by atoms with Crippen LogP contribution in [0.25, 0.3) is 0 Å². The van der Waals surface area contributed by atoms with Gasteiger partial charge in [0, 0.05) is 12.6 Å². The molecule has 0 aromatic heterocycles. The third-order valence-electron chi connectivity index (χ3n) is 2.45. The van der Waals surface area contributed by atoms with Gasteiger partial charge in [-0.25, -0.2) is 13.1 Å². The van der Waals surface area contributed by atoms with Crippen molar-refractivity contribution in [1.82, 2.24) is 4.72 Å². The smallest absolute Gasteiger partial charge is 0.213 e. The molecule has 1 aliphatic carbocycles. The predicted octanol–water partition coefficient (Wildman–Crippen LogP) is -0.832. The van der Waals surface area contributed by atoms with Gasteiger partial charge in [-0.15, -0.1) is 0 Å². The van der Waals surface area contributed by atoms with Crippen molar-refractivity contribution >= 4 is 10.0 Å². The van der Waals surface area contributed by atoms with E-state index in [9.17, 15) is 13.5 Å². The van der Waals surface area contributed by atoms with Gasteiger partial charge in [0.2, 0.25) is 10.0 Å². The lowest BCUT2D eigenvalue weighted by atomic mass is 9.93. The van der Waals surface area contributed by atoms with Crippen molar-refractivity contribution < 1.29 is 13.5 Å². The Kier molecular flexibility index (Phi) is 4.31. The molecule has 0 aromatic carbocycles. The summed E-state index contributed by atoms with van der Waals surface area (Å²) < 4.78 is 25.2. The molecule has 84 valence electrons. The lowest BCUT2D eigenvalue weighted by Gasteiger charge is -2.27. The summed E-state index contributed by atoms with van der Waals surface area (Å²) in [7, 11) is -3.30. The average molecular weight is 222 g/mol. The topological polar surface area (TPSA) is 92.4 Å². The van der Waals surface area contributed by atoms with Gasteiger partial charge >= 0.3 is 0 Å². The largest absolute Gasteiger partial charge is 0.391 e. The molecule has 2 atom stereocenters. The number of nitrogens with two attached hydrogens (primary N) is 1. The molecule has 0 amide bonds. The molecule has 0 spiro atoms. The molecule has 0 aromatic rings. The van der Waals surface area contributed by atoms with E-state index in [0.29, 0.717) is 12.8 Å². The lowest BCUT2D eigenvalue weighted by molar-refractivity contribution is 0.101. The van der Waals surface area contributed by atoms with E-state index in [2.05, 4.69) is 4.72 Å². The van der Waals surface area contributed by atoms with Crippen molar-refractivity contribution in [3.05, 3.63) is 0 Å². The fraction of sp³-hybridized carbons (Fsp3) is 1.00.